The summed E-state index contributed by atoms with van der Waals surface area (Å²) in [7, 11) is 0. The molecule has 23 heavy (non-hydrogen) atoms. The highest BCUT2D eigenvalue weighted by Gasteiger charge is 2.19. The van der Waals surface area contributed by atoms with Gasteiger partial charge < -0.3 is 20.2 Å². The van der Waals surface area contributed by atoms with Gasteiger partial charge in [0.25, 0.3) is 0 Å². The number of nitrogens with zero attached hydrogens (tertiary/aromatic N) is 2. The second-order valence-electron chi connectivity index (χ2n) is 6.78. The Kier molecular flexibility index (Phi) is 7.82. The summed E-state index contributed by atoms with van der Waals surface area (Å²) in [6.07, 6.45) is 6.22. The topological polar surface area (TPSA) is 72.9 Å². The second-order valence-corrected chi connectivity index (χ2v) is 6.78. The summed E-state index contributed by atoms with van der Waals surface area (Å²) < 4.78 is 0. The fourth-order valence-corrected chi connectivity index (χ4v) is 3.47. The van der Waals surface area contributed by atoms with E-state index in [1.54, 1.807) is 0 Å². The molecule has 0 spiro atoms. The number of carbonyl (C=O) groups is 2. The summed E-state index contributed by atoms with van der Waals surface area (Å²) in [5, 5.41) is 12.2. The van der Waals surface area contributed by atoms with Gasteiger partial charge in [0.1, 0.15) is 0 Å². The minimum atomic E-state index is 0.0742. The Labute approximate surface area is 139 Å². The van der Waals surface area contributed by atoms with E-state index in [0.717, 1.165) is 58.3 Å². The van der Waals surface area contributed by atoms with Crippen molar-refractivity contribution in [3.63, 3.8) is 0 Å². The third-order valence-corrected chi connectivity index (χ3v) is 4.86. The van der Waals surface area contributed by atoms with Crippen LogP contribution < -0.4 is 5.32 Å². The van der Waals surface area contributed by atoms with Crippen LogP contribution >= 0.6 is 0 Å². The smallest absolute Gasteiger partial charge is 0.222 e. The number of aliphatic hydroxyl groups is 1. The number of piperidine rings is 2. The number of amides is 2. The Bertz CT molecular complexity index is 389. The zero-order valence-electron chi connectivity index (χ0n) is 14.1. The fraction of sp³-hybridized carbons (Fsp3) is 0.882. The molecule has 6 heteroatoms. The predicted octanol–water partition coefficient (Wildman–Crippen LogP) is 0.600. The van der Waals surface area contributed by atoms with Gasteiger partial charge in [0.05, 0.1) is 0 Å². The standard InChI is InChI=1S/C17H31N3O3/c21-14-15-5-3-9-19(13-15)12-8-18-16(22)6-4-11-20-10-2-1-7-17(20)23/h15,21H,1-14H2,(H,18,22). The minimum Gasteiger partial charge on any atom is -0.396 e. The lowest BCUT2D eigenvalue weighted by molar-refractivity contribution is -0.133. The van der Waals surface area contributed by atoms with Gasteiger partial charge in [-0.3, -0.25) is 9.59 Å². The zero-order chi connectivity index (χ0) is 16.5. The quantitative estimate of drug-likeness (QED) is 0.685. The van der Waals surface area contributed by atoms with Gasteiger partial charge in [-0.25, -0.2) is 0 Å². The minimum absolute atomic E-state index is 0.0742. The summed E-state index contributed by atoms with van der Waals surface area (Å²) in [4.78, 5) is 27.7. The van der Waals surface area contributed by atoms with E-state index >= 15 is 0 Å². The van der Waals surface area contributed by atoms with Gasteiger partial charge in [-0.1, -0.05) is 0 Å². The van der Waals surface area contributed by atoms with Crippen LogP contribution in [0.15, 0.2) is 0 Å². The first kappa shape index (κ1) is 18.2. The first-order valence-corrected chi connectivity index (χ1v) is 9.06. The summed E-state index contributed by atoms with van der Waals surface area (Å²) in [5.41, 5.74) is 0. The molecule has 2 N–H and O–H groups in total. The predicted molar refractivity (Wildman–Crippen MR) is 88.9 cm³/mol. The Morgan fingerprint density at radius 3 is 2.87 bits per heavy atom. The Morgan fingerprint density at radius 1 is 1.22 bits per heavy atom. The van der Waals surface area contributed by atoms with Crippen LogP contribution in [0.3, 0.4) is 0 Å². The number of rotatable bonds is 8. The molecule has 0 saturated carbocycles. The molecule has 2 rings (SSSR count). The largest absolute Gasteiger partial charge is 0.396 e. The summed E-state index contributed by atoms with van der Waals surface area (Å²) in [6, 6.07) is 0. The Balaban J connectivity index is 1.52. The maximum Gasteiger partial charge on any atom is 0.222 e. The zero-order valence-corrected chi connectivity index (χ0v) is 14.1. The van der Waals surface area contributed by atoms with Crippen LogP contribution in [0, 0.1) is 5.92 Å². The SMILES string of the molecule is O=C(CCCN1CCCCC1=O)NCCN1CCCC(CO)C1. The van der Waals surface area contributed by atoms with Gasteiger partial charge in [0, 0.05) is 52.2 Å². The molecular formula is C17H31N3O3. The number of carbonyl (C=O) groups excluding carboxylic acids is 2. The van der Waals surface area contributed by atoms with E-state index in [1.807, 2.05) is 4.90 Å². The average molecular weight is 325 g/mol. The van der Waals surface area contributed by atoms with Crippen molar-refractivity contribution in [2.45, 2.75) is 44.9 Å². The Morgan fingerprint density at radius 2 is 2.09 bits per heavy atom. The van der Waals surface area contributed by atoms with Gasteiger partial charge in [-0.15, -0.1) is 0 Å². The van der Waals surface area contributed by atoms with E-state index in [4.69, 9.17) is 0 Å². The number of aliphatic hydroxyl groups excluding tert-OH is 1. The monoisotopic (exact) mass is 325 g/mol. The number of nitrogens with one attached hydrogen (secondary N) is 1. The molecule has 0 aromatic carbocycles. The second kappa shape index (κ2) is 9.88. The molecule has 2 aliphatic rings. The van der Waals surface area contributed by atoms with E-state index < -0.39 is 0 Å². The first-order valence-electron chi connectivity index (χ1n) is 9.06. The normalized spacial score (nSPS) is 23.1. The highest BCUT2D eigenvalue weighted by molar-refractivity contribution is 5.77. The summed E-state index contributed by atoms with van der Waals surface area (Å²) in [6.45, 7) is 5.33. The maximum atomic E-state index is 11.9. The summed E-state index contributed by atoms with van der Waals surface area (Å²) in [5.74, 6) is 0.701. The van der Waals surface area contributed by atoms with E-state index in [1.165, 1.54) is 0 Å². The third-order valence-electron chi connectivity index (χ3n) is 4.86. The van der Waals surface area contributed by atoms with Crippen molar-refractivity contribution in [2.75, 3.05) is 45.9 Å². The maximum absolute atomic E-state index is 11.9. The van der Waals surface area contributed by atoms with E-state index in [-0.39, 0.29) is 18.4 Å². The number of likely N-dealkylation sites (tertiary alicyclic amines) is 2. The molecule has 2 saturated heterocycles. The number of hydrogen-bond acceptors (Lipinski definition) is 4. The van der Waals surface area contributed by atoms with Gasteiger partial charge >= 0.3 is 0 Å². The summed E-state index contributed by atoms with van der Waals surface area (Å²) >= 11 is 0. The third kappa shape index (κ3) is 6.47. The van der Waals surface area contributed by atoms with Crippen molar-refractivity contribution in [1.29, 1.82) is 0 Å². The van der Waals surface area contributed by atoms with Crippen LogP contribution in [0.2, 0.25) is 0 Å². The lowest BCUT2D eigenvalue weighted by atomic mass is 9.99. The van der Waals surface area contributed by atoms with Crippen LogP contribution in [0.1, 0.15) is 44.9 Å². The van der Waals surface area contributed by atoms with Crippen LogP contribution in [0.5, 0.6) is 0 Å². The average Bonchev–Trinajstić information content (AvgIpc) is 2.57. The van der Waals surface area contributed by atoms with E-state index in [2.05, 4.69) is 10.2 Å². The molecule has 2 heterocycles. The molecule has 2 aliphatic heterocycles. The Hall–Kier alpha value is -1.14. The molecule has 0 aromatic rings. The molecule has 2 fully saturated rings. The van der Waals surface area contributed by atoms with Crippen molar-refractivity contribution in [2.24, 2.45) is 5.92 Å². The van der Waals surface area contributed by atoms with Crippen molar-refractivity contribution < 1.29 is 14.7 Å². The van der Waals surface area contributed by atoms with Crippen molar-refractivity contribution >= 4 is 11.8 Å². The van der Waals surface area contributed by atoms with Crippen molar-refractivity contribution in [3.8, 4) is 0 Å². The van der Waals surface area contributed by atoms with Crippen LogP contribution in [-0.4, -0.2) is 72.6 Å². The molecule has 1 atom stereocenters. The van der Waals surface area contributed by atoms with Gasteiger partial charge in [-0.2, -0.15) is 0 Å². The van der Waals surface area contributed by atoms with E-state index in [0.29, 0.717) is 31.8 Å². The first-order chi connectivity index (χ1) is 11.2. The highest BCUT2D eigenvalue weighted by atomic mass is 16.3. The van der Waals surface area contributed by atoms with E-state index in [9.17, 15) is 14.7 Å². The van der Waals surface area contributed by atoms with Crippen LogP contribution in [0.4, 0.5) is 0 Å². The van der Waals surface area contributed by atoms with Gasteiger partial charge in [0.15, 0.2) is 0 Å². The molecule has 132 valence electrons. The van der Waals surface area contributed by atoms with Crippen molar-refractivity contribution in [3.05, 3.63) is 0 Å². The fourth-order valence-electron chi connectivity index (χ4n) is 3.47. The molecule has 6 nitrogen and oxygen atoms in total. The van der Waals surface area contributed by atoms with Gasteiger partial charge in [0.2, 0.25) is 11.8 Å². The molecule has 0 radical (unpaired) electrons. The van der Waals surface area contributed by atoms with Crippen LogP contribution in [0.25, 0.3) is 0 Å². The molecule has 0 bridgehead atoms. The molecule has 2 amide bonds. The molecule has 0 aliphatic carbocycles. The molecular weight excluding hydrogens is 294 g/mol. The molecule has 1 unspecified atom stereocenters. The van der Waals surface area contributed by atoms with Gasteiger partial charge in [-0.05, 0) is 44.6 Å². The number of hydrogen-bond donors (Lipinski definition) is 2. The van der Waals surface area contributed by atoms with Crippen LogP contribution in [-0.2, 0) is 9.59 Å². The molecule has 0 aromatic heterocycles. The lowest BCUT2D eigenvalue weighted by Crippen LogP contribution is -2.41. The highest BCUT2D eigenvalue weighted by Crippen LogP contribution is 2.15. The van der Waals surface area contributed by atoms with Crippen molar-refractivity contribution in [1.82, 2.24) is 15.1 Å². The lowest BCUT2D eigenvalue weighted by Gasteiger charge is -2.31.